The van der Waals surface area contributed by atoms with Gasteiger partial charge in [0, 0.05) is 42.7 Å². The zero-order valence-corrected chi connectivity index (χ0v) is 20.3. The summed E-state index contributed by atoms with van der Waals surface area (Å²) in [5, 5.41) is 49.3. The van der Waals surface area contributed by atoms with E-state index in [0.717, 1.165) is 0 Å². The number of aromatic hydroxyl groups is 1. The van der Waals surface area contributed by atoms with Crippen LogP contribution < -0.4 is 5.63 Å². The minimum absolute atomic E-state index is 0.0357. The lowest BCUT2D eigenvalue weighted by Gasteiger charge is -2.25. The molecule has 0 spiro atoms. The molecule has 10 nitrogen and oxygen atoms in total. The van der Waals surface area contributed by atoms with Crippen LogP contribution in [0.3, 0.4) is 0 Å². The number of fused-ring (bicyclic) bond motifs is 1. The summed E-state index contributed by atoms with van der Waals surface area (Å²) in [4.78, 5) is 29.2. The highest BCUT2D eigenvalue weighted by Crippen LogP contribution is 2.33. The van der Waals surface area contributed by atoms with Crippen LogP contribution in [-0.2, 0) is 13.1 Å². The molecule has 10 heteroatoms. The molecular weight excluding hydrogens is 468 g/mol. The molecule has 0 saturated heterocycles. The van der Waals surface area contributed by atoms with E-state index in [9.17, 15) is 35.1 Å². The number of aliphatic hydroxyl groups is 4. The number of hydrogen-bond donors (Lipinski definition) is 5. The standard InChI is InChI=1S/C26H32N2O8/c1-3-27(14-21(29)30)12-18-10-17-11-19(23(33)16-8-6-5-7-9-16)26(35)36-25(17)20(24(18)34)13-28(4-2)15-22(31)32/h5-11,21-22,29-32,34H,3-4,12-15H2,1-2H3. The van der Waals surface area contributed by atoms with Gasteiger partial charge in [-0.2, -0.15) is 0 Å². The second-order valence-electron chi connectivity index (χ2n) is 8.54. The Morgan fingerprint density at radius 3 is 2.06 bits per heavy atom. The number of hydrogen-bond acceptors (Lipinski definition) is 10. The first-order chi connectivity index (χ1) is 17.1. The number of ketones is 1. The van der Waals surface area contributed by atoms with Crippen LogP contribution >= 0.6 is 0 Å². The first-order valence-electron chi connectivity index (χ1n) is 11.7. The van der Waals surface area contributed by atoms with E-state index in [4.69, 9.17) is 4.42 Å². The number of phenols is 1. The molecule has 0 bridgehead atoms. The maximum Gasteiger partial charge on any atom is 0.347 e. The summed E-state index contributed by atoms with van der Waals surface area (Å²) < 4.78 is 5.57. The molecule has 3 aromatic rings. The van der Waals surface area contributed by atoms with Gasteiger partial charge in [-0.1, -0.05) is 44.2 Å². The van der Waals surface area contributed by atoms with E-state index in [1.54, 1.807) is 53.1 Å². The lowest BCUT2D eigenvalue weighted by molar-refractivity contribution is -0.0621. The summed E-state index contributed by atoms with van der Waals surface area (Å²) in [6.07, 6.45) is -3.17. The number of phenolic OH excluding ortho intramolecular Hbond substituents is 1. The predicted molar refractivity (Wildman–Crippen MR) is 132 cm³/mol. The van der Waals surface area contributed by atoms with Gasteiger partial charge in [-0.25, -0.2) is 4.79 Å². The minimum Gasteiger partial charge on any atom is -0.507 e. The molecule has 1 aromatic heterocycles. The van der Waals surface area contributed by atoms with Crippen molar-refractivity contribution >= 4 is 16.8 Å². The number of benzene rings is 2. The topological polar surface area (TPSA) is 155 Å². The van der Waals surface area contributed by atoms with Crippen LogP contribution in [0.25, 0.3) is 11.0 Å². The summed E-state index contributed by atoms with van der Waals surface area (Å²) in [5.74, 6) is -0.663. The average molecular weight is 501 g/mol. The van der Waals surface area contributed by atoms with Crippen molar-refractivity contribution < 1.29 is 34.7 Å². The third-order valence-electron chi connectivity index (χ3n) is 5.96. The molecule has 0 aliphatic rings. The van der Waals surface area contributed by atoms with Crippen LogP contribution in [0.15, 0.2) is 51.7 Å². The summed E-state index contributed by atoms with van der Waals surface area (Å²) in [6.45, 7) is 4.54. The quantitative estimate of drug-likeness (QED) is 0.138. The number of nitrogens with zero attached hydrogens (tertiary/aromatic N) is 2. The van der Waals surface area contributed by atoms with Crippen LogP contribution in [0.4, 0.5) is 0 Å². The number of rotatable bonds is 12. The Balaban J connectivity index is 2.17. The van der Waals surface area contributed by atoms with E-state index >= 15 is 0 Å². The number of carbonyl (C=O) groups excluding carboxylic acids is 1. The Bertz CT molecular complexity index is 1240. The summed E-state index contributed by atoms with van der Waals surface area (Å²) in [7, 11) is 0. The largest absolute Gasteiger partial charge is 0.507 e. The van der Waals surface area contributed by atoms with E-state index in [0.29, 0.717) is 29.6 Å². The second-order valence-corrected chi connectivity index (χ2v) is 8.54. The number of carbonyl (C=O) groups is 1. The zero-order chi connectivity index (χ0) is 26.4. The third-order valence-corrected chi connectivity index (χ3v) is 5.96. The van der Waals surface area contributed by atoms with E-state index in [1.165, 1.54) is 6.07 Å². The van der Waals surface area contributed by atoms with E-state index in [2.05, 4.69) is 0 Å². The van der Waals surface area contributed by atoms with Gasteiger partial charge < -0.3 is 29.9 Å². The summed E-state index contributed by atoms with van der Waals surface area (Å²) in [5.41, 5.74) is 0.0728. The Morgan fingerprint density at radius 1 is 0.917 bits per heavy atom. The van der Waals surface area contributed by atoms with E-state index in [-0.39, 0.29) is 48.6 Å². The van der Waals surface area contributed by atoms with Crippen LogP contribution in [0, 0.1) is 0 Å². The fraction of sp³-hybridized carbons (Fsp3) is 0.385. The van der Waals surface area contributed by atoms with Gasteiger partial charge in [0.1, 0.15) is 16.9 Å². The molecule has 0 unspecified atom stereocenters. The average Bonchev–Trinajstić information content (AvgIpc) is 2.85. The Kier molecular flexibility index (Phi) is 9.32. The first kappa shape index (κ1) is 27.5. The smallest absolute Gasteiger partial charge is 0.347 e. The summed E-state index contributed by atoms with van der Waals surface area (Å²) >= 11 is 0. The molecule has 36 heavy (non-hydrogen) atoms. The van der Waals surface area contributed by atoms with Crippen molar-refractivity contribution in [3.05, 3.63) is 75.1 Å². The molecule has 194 valence electrons. The normalized spacial score (nSPS) is 11.9. The Labute approximate surface area is 208 Å². The van der Waals surface area contributed by atoms with Crippen LogP contribution in [0.1, 0.15) is 40.9 Å². The highest BCUT2D eigenvalue weighted by Gasteiger charge is 2.23. The van der Waals surface area contributed by atoms with Gasteiger partial charge in [0.15, 0.2) is 18.4 Å². The lowest BCUT2D eigenvalue weighted by Crippen LogP contribution is -2.32. The molecule has 5 N–H and O–H groups in total. The van der Waals surface area contributed by atoms with Crippen molar-refractivity contribution in [1.82, 2.24) is 9.80 Å². The fourth-order valence-corrected chi connectivity index (χ4v) is 4.09. The molecule has 0 radical (unpaired) electrons. The Morgan fingerprint density at radius 2 is 1.50 bits per heavy atom. The van der Waals surface area contributed by atoms with Crippen molar-refractivity contribution in [2.45, 2.75) is 39.5 Å². The van der Waals surface area contributed by atoms with Gasteiger partial charge >= 0.3 is 5.63 Å². The molecule has 0 aliphatic carbocycles. The summed E-state index contributed by atoms with van der Waals surface area (Å²) in [6, 6.07) is 11.4. The van der Waals surface area contributed by atoms with Gasteiger partial charge in [0.05, 0.1) is 5.56 Å². The SMILES string of the molecule is CCN(Cc1cc2cc(C(=O)c3ccccc3)c(=O)oc2c(CN(CC)CC(O)O)c1O)CC(O)O. The molecule has 1 heterocycles. The molecule has 3 rings (SSSR count). The van der Waals surface area contributed by atoms with Crippen molar-refractivity contribution in [2.75, 3.05) is 26.2 Å². The third kappa shape index (κ3) is 6.55. The van der Waals surface area contributed by atoms with Crippen molar-refractivity contribution in [3.8, 4) is 5.75 Å². The highest BCUT2D eigenvalue weighted by atomic mass is 16.5. The van der Waals surface area contributed by atoms with Gasteiger partial charge in [0.2, 0.25) is 0 Å². The van der Waals surface area contributed by atoms with E-state index < -0.39 is 24.0 Å². The monoisotopic (exact) mass is 500 g/mol. The minimum atomic E-state index is -1.61. The maximum atomic E-state index is 13.0. The second kappa shape index (κ2) is 12.2. The van der Waals surface area contributed by atoms with Crippen LogP contribution in [-0.4, -0.2) is 79.9 Å². The van der Waals surface area contributed by atoms with Crippen molar-refractivity contribution in [2.24, 2.45) is 0 Å². The first-order valence-corrected chi connectivity index (χ1v) is 11.7. The maximum absolute atomic E-state index is 13.0. The lowest BCUT2D eigenvalue weighted by atomic mass is 9.99. The zero-order valence-electron chi connectivity index (χ0n) is 20.3. The van der Waals surface area contributed by atoms with Gasteiger partial charge in [-0.05, 0) is 25.2 Å². The molecule has 0 fully saturated rings. The molecule has 0 saturated carbocycles. The Hall–Kier alpha value is -3.12. The molecule has 0 aliphatic heterocycles. The van der Waals surface area contributed by atoms with Crippen molar-refractivity contribution in [3.63, 3.8) is 0 Å². The molecule has 0 amide bonds. The van der Waals surface area contributed by atoms with Gasteiger partial charge in [-0.3, -0.25) is 14.6 Å². The molecule has 2 aromatic carbocycles. The molecule has 0 atom stereocenters. The van der Waals surface area contributed by atoms with Gasteiger partial charge in [0.25, 0.3) is 0 Å². The predicted octanol–water partition coefficient (Wildman–Crippen LogP) is 0.995. The van der Waals surface area contributed by atoms with Crippen LogP contribution in [0.5, 0.6) is 5.75 Å². The highest BCUT2D eigenvalue weighted by molar-refractivity contribution is 6.10. The van der Waals surface area contributed by atoms with Crippen LogP contribution in [0.2, 0.25) is 0 Å². The number of aliphatic hydroxyl groups excluding tert-OH is 2. The fourth-order valence-electron chi connectivity index (χ4n) is 4.09. The van der Waals surface area contributed by atoms with Crippen molar-refractivity contribution in [1.29, 1.82) is 0 Å². The number of likely N-dealkylation sites (N-methyl/N-ethyl adjacent to an activating group) is 2. The molecular formula is C26H32N2O8. The van der Waals surface area contributed by atoms with E-state index in [1.807, 2.05) is 6.92 Å². The van der Waals surface area contributed by atoms with Gasteiger partial charge in [-0.15, -0.1) is 0 Å².